The molecular formula is H13BaKO8STi. The minimum absolute atomic E-state index is 0. The Morgan fingerprint density at radius 1 is 0.917 bits per heavy atom. The van der Waals surface area contributed by atoms with E-state index in [0.717, 1.165) is 0 Å². The van der Waals surface area contributed by atoms with Gasteiger partial charge in [0.2, 0.25) is 0 Å². The predicted molar refractivity (Wildman–Crippen MR) is 37.7 cm³/mol. The second-order valence-corrected chi connectivity index (χ2v) is 1.34. The third-order valence-corrected chi connectivity index (χ3v) is 0. The summed E-state index contributed by atoms with van der Waals surface area (Å²) in [7, 11) is -4.67. The minimum Gasteiger partial charge on any atom is -1.00 e. The Balaban J connectivity index is -0.00000000178. The molecule has 0 saturated carbocycles. The maximum Gasteiger partial charge on any atom is 2.00 e. The summed E-state index contributed by atoms with van der Waals surface area (Å²) in [5.74, 6) is 0. The summed E-state index contributed by atoms with van der Waals surface area (Å²) in [6.07, 6.45) is 0. The van der Waals surface area contributed by atoms with E-state index in [2.05, 4.69) is 0 Å². The van der Waals surface area contributed by atoms with Crippen LogP contribution in [0.2, 0.25) is 0 Å². The van der Waals surface area contributed by atoms with Crippen molar-refractivity contribution in [3.05, 3.63) is 0 Å². The Labute approximate surface area is 172 Å². The minimum atomic E-state index is -4.67. The molecule has 74 valence electrons. The predicted octanol–water partition coefficient (Wildman–Crippen LogP) is -6.99. The Morgan fingerprint density at radius 2 is 0.917 bits per heavy atom. The zero-order valence-electron chi connectivity index (χ0n) is 9.33. The maximum absolute atomic E-state index is 8.74. The van der Waals surface area contributed by atoms with Crippen LogP contribution >= 0.6 is 0 Å². The first-order valence-electron chi connectivity index (χ1n) is 0.698. The molecule has 0 spiro atoms. The third-order valence-electron chi connectivity index (χ3n) is 0. The monoisotopic (exact) mass is 398 g/mol. The van der Waals surface area contributed by atoms with Gasteiger partial charge in [-0.3, -0.25) is 9.11 Å². The van der Waals surface area contributed by atoms with Gasteiger partial charge in [-0.25, -0.2) is 0 Å². The first kappa shape index (κ1) is 57.5. The molecule has 0 unspecified atom stereocenters. The van der Waals surface area contributed by atoms with Gasteiger partial charge < -0.3 is 26.2 Å². The van der Waals surface area contributed by atoms with Gasteiger partial charge in [-0.05, 0) is 0 Å². The van der Waals surface area contributed by atoms with Gasteiger partial charge in [0.05, 0.1) is 0 Å². The maximum atomic E-state index is 8.74. The smallest absolute Gasteiger partial charge is 1.00 e. The van der Waals surface area contributed by atoms with E-state index in [4.69, 9.17) is 17.5 Å². The van der Waals surface area contributed by atoms with E-state index in [0.29, 0.717) is 0 Å². The summed E-state index contributed by atoms with van der Waals surface area (Å²) >= 11 is 0. The molecule has 0 atom stereocenters. The normalized spacial score (nSPS) is 4.83. The van der Waals surface area contributed by atoms with Crippen LogP contribution in [0.1, 0.15) is 4.28 Å². The molecule has 0 radical (unpaired) electrons. The second kappa shape index (κ2) is 29.3. The second-order valence-electron chi connectivity index (χ2n) is 0.448. The molecule has 0 aromatic carbocycles. The molecule has 12 heavy (non-hydrogen) atoms. The molecule has 0 aliphatic rings. The third kappa shape index (κ3) is 165. The zero-order valence-corrected chi connectivity index (χ0v) is 16.3. The van der Waals surface area contributed by atoms with E-state index < -0.39 is 10.4 Å². The number of rotatable bonds is 0. The standard InChI is InChI=1S/Ba.K.H2O4S.4H2O.Ti.3H/c;;1-5(2,3)4;;;;;;;;/h;;(H2,1,2,3,4);4*1H2;;;;/q+2;+1;;;;;;;3*-1. The van der Waals surface area contributed by atoms with Crippen molar-refractivity contribution in [3.63, 3.8) is 0 Å². The molecular weight excluding hydrogens is 384 g/mol. The molecule has 0 saturated heterocycles. The Kier molecular flexibility index (Phi) is 140. The first-order valence-corrected chi connectivity index (χ1v) is 2.10. The summed E-state index contributed by atoms with van der Waals surface area (Å²) < 4.78 is 31.6. The van der Waals surface area contributed by atoms with Gasteiger partial charge in [-0.15, -0.1) is 0 Å². The van der Waals surface area contributed by atoms with Crippen molar-refractivity contribution in [1.82, 2.24) is 0 Å². The molecule has 12 heteroatoms. The summed E-state index contributed by atoms with van der Waals surface area (Å²) in [4.78, 5) is 0. The van der Waals surface area contributed by atoms with Crippen molar-refractivity contribution in [3.8, 4) is 0 Å². The molecule has 0 aliphatic carbocycles. The van der Waals surface area contributed by atoms with Crippen molar-refractivity contribution in [1.29, 1.82) is 0 Å². The van der Waals surface area contributed by atoms with Crippen molar-refractivity contribution >= 4 is 59.3 Å². The average Bonchev–Trinajstić information content (AvgIpc) is 0.722. The van der Waals surface area contributed by atoms with Crippen molar-refractivity contribution in [2.45, 2.75) is 0 Å². The van der Waals surface area contributed by atoms with E-state index in [1.54, 1.807) is 0 Å². The molecule has 0 rings (SSSR count). The van der Waals surface area contributed by atoms with Gasteiger partial charge in [0.25, 0.3) is 0 Å². The van der Waals surface area contributed by atoms with Crippen LogP contribution in [0.4, 0.5) is 0 Å². The van der Waals surface area contributed by atoms with Gasteiger partial charge >= 0.3 is 111 Å². The summed E-state index contributed by atoms with van der Waals surface area (Å²) in [5.41, 5.74) is 0. The first-order chi connectivity index (χ1) is 2.00. The van der Waals surface area contributed by atoms with E-state index >= 15 is 0 Å². The zero-order chi connectivity index (χ0) is 4.50. The largest absolute Gasteiger partial charge is 2.00 e. The van der Waals surface area contributed by atoms with Gasteiger partial charge in [0.15, 0.2) is 0 Å². The van der Waals surface area contributed by atoms with Gasteiger partial charge in [0, 0.05) is 21.7 Å². The summed E-state index contributed by atoms with van der Waals surface area (Å²) in [5, 5.41) is 0. The van der Waals surface area contributed by atoms with E-state index in [1.807, 2.05) is 0 Å². The van der Waals surface area contributed by atoms with Crippen molar-refractivity contribution in [2.24, 2.45) is 0 Å². The molecule has 0 aliphatic heterocycles. The van der Waals surface area contributed by atoms with Crippen molar-refractivity contribution in [2.75, 3.05) is 0 Å². The van der Waals surface area contributed by atoms with Crippen LogP contribution < -0.4 is 51.4 Å². The Morgan fingerprint density at radius 3 is 0.917 bits per heavy atom. The van der Waals surface area contributed by atoms with Crippen LogP contribution in [-0.2, 0) is 32.1 Å². The summed E-state index contributed by atoms with van der Waals surface area (Å²) in [6, 6.07) is 0. The van der Waals surface area contributed by atoms with Crippen LogP contribution in [0, 0.1) is 0 Å². The molecule has 0 aromatic rings. The Bertz CT molecular complexity index is 113. The van der Waals surface area contributed by atoms with Gasteiger partial charge in [-0.2, -0.15) is 8.42 Å². The van der Waals surface area contributed by atoms with Crippen molar-refractivity contribution < 1.29 is 117 Å². The van der Waals surface area contributed by atoms with Crippen LogP contribution in [0.5, 0.6) is 0 Å². The van der Waals surface area contributed by atoms with Crippen LogP contribution in [0.15, 0.2) is 0 Å². The quantitative estimate of drug-likeness (QED) is 0.302. The van der Waals surface area contributed by atoms with E-state index in [-0.39, 0.29) is 148 Å². The van der Waals surface area contributed by atoms with Gasteiger partial charge in [-0.1, -0.05) is 0 Å². The molecule has 0 fully saturated rings. The average molecular weight is 397 g/mol. The molecule has 0 aromatic heterocycles. The molecule has 0 amide bonds. The SMILES string of the molecule is O.O.O.O.O=S(=O)(O)O.[Ba+2].[H-].[H-].[H-].[K+].[Ti]. The fourth-order valence-corrected chi connectivity index (χ4v) is 0. The molecule has 8 nitrogen and oxygen atoms in total. The molecule has 0 heterocycles. The van der Waals surface area contributed by atoms with Crippen LogP contribution in [0.25, 0.3) is 0 Å². The fraction of sp³-hybridized carbons (Fsp3) is 0. The number of hydrogen-bond acceptors (Lipinski definition) is 2. The van der Waals surface area contributed by atoms with E-state index in [1.165, 1.54) is 0 Å². The Hall–Kier alpha value is 3.63. The van der Waals surface area contributed by atoms with Gasteiger partial charge in [0.1, 0.15) is 0 Å². The van der Waals surface area contributed by atoms with Crippen LogP contribution in [0.3, 0.4) is 0 Å². The topological polar surface area (TPSA) is 201 Å². The summed E-state index contributed by atoms with van der Waals surface area (Å²) in [6.45, 7) is 0. The fourth-order valence-electron chi connectivity index (χ4n) is 0. The van der Waals surface area contributed by atoms with E-state index in [9.17, 15) is 0 Å². The van der Waals surface area contributed by atoms with Crippen LogP contribution in [-0.4, -0.2) is 88.3 Å². The molecule has 10 N–H and O–H groups in total. The number of hydrogen-bond donors (Lipinski definition) is 2. The molecule has 0 bridgehead atoms.